The van der Waals surface area contributed by atoms with Gasteiger partial charge in [-0.1, -0.05) is 129 Å². The van der Waals surface area contributed by atoms with Gasteiger partial charge < -0.3 is 9.80 Å². The second-order valence-electron chi connectivity index (χ2n) is 12.6. The zero-order valence-electron chi connectivity index (χ0n) is 26.7. The van der Waals surface area contributed by atoms with Crippen LogP contribution in [0.4, 0.5) is 34.1 Å². The molecule has 7 aromatic carbocycles. The van der Waals surface area contributed by atoms with Crippen molar-refractivity contribution in [2.45, 2.75) is 19.3 Å². The molecule has 1 aliphatic rings. The molecular weight excluding hydrogens is 569 g/mol. The average molecular weight is 605 g/mol. The maximum atomic E-state index is 2.41. The minimum atomic E-state index is -0.120. The van der Waals surface area contributed by atoms with Crippen molar-refractivity contribution >= 4 is 34.1 Å². The standard InChI is InChI=1S/C45H36N2/c1-45(2)42-23-13-12-21-40(42)41-22-14-24-43(44(41)45)47(37-19-10-5-11-20-37)39-31-27-34(28-32-39)33-25-29-38(30-26-33)46(35-15-6-3-7-16-35)36-17-8-4-9-18-36/h3-32H,1-2H3. The molecule has 2 heteroatoms. The minimum Gasteiger partial charge on any atom is -0.311 e. The second kappa shape index (κ2) is 11.8. The summed E-state index contributed by atoms with van der Waals surface area (Å²) in [5.41, 5.74) is 14.5. The summed E-state index contributed by atoms with van der Waals surface area (Å²) in [5, 5.41) is 0. The van der Waals surface area contributed by atoms with Gasteiger partial charge in [-0.05, 0) is 100 Å². The third-order valence-electron chi connectivity index (χ3n) is 9.43. The molecule has 8 rings (SSSR count). The van der Waals surface area contributed by atoms with Gasteiger partial charge in [-0.3, -0.25) is 0 Å². The molecule has 7 aromatic rings. The molecule has 0 amide bonds. The van der Waals surface area contributed by atoms with Gasteiger partial charge in [0, 0.05) is 33.9 Å². The number of para-hydroxylation sites is 3. The number of anilines is 6. The number of rotatable bonds is 7. The van der Waals surface area contributed by atoms with Gasteiger partial charge in [0.05, 0.1) is 5.69 Å². The predicted octanol–water partition coefficient (Wildman–Crippen LogP) is 12.6. The molecule has 0 saturated heterocycles. The summed E-state index contributed by atoms with van der Waals surface area (Å²) in [4.78, 5) is 4.71. The zero-order valence-corrected chi connectivity index (χ0v) is 26.7. The lowest BCUT2D eigenvalue weighted by atomic mass is 9.81. The SMILES string of the molecule is CC1(C)c2ccccc2-c2cccc(N(c3ccccc3)c3ccc(-c4ccc(N(c5ccccc5)c5ccccc5)cc4)cc3)c21. The van der Waals surface area contributed by atoms with Gasteiger partial charge in [0.15, 0.2) is 0 Å². The molecule has 0 fully saturated rings. The molecule has 0 saturated carbocycles. The van der Waals surface area contributed by atoms with E-state index in [0.717, 1.165) is 28.4 Å². The summed E-state index contributed by atoms with van der Waals surface area (Å²) in [6.45, 7) is 4.71. The Morgan fingerprint density at radius 2 is 0.745 bits per heavy atom. The van der Waals surface area contributed by atoms with Gasteiger partial charge in [0.25, 0.3) is 0 Å². The van der Waals surface area contributed by atoms with Crippen molar-refractivity contribution in [1.82, 2.24) is 0 Å². The topological polar surface area (TPSA) is 6.48 Å². The Morgan fingerprint density at radius 1 is 0.340 bits per heavy atom. The highest BCUT2D eigenvalue weighted by molar-refractivity contribution is 5.91. The zero-order chi connectivity index (χ0) is 31.8. The summed E-state index contributed by atoms with van der Waals surface area (Å²) < 4.78 is 0. The molecule has 0 radical (unpaired) electrons. The molecule has 0 unspecified atom stereocenters. The predicted molar refractivity (Wildman–Crippen MR) is 199 cm³/mol. The molecule has 0 atom stereocenters. The van der Waals surface area contributed by atoms with E-state index < -0.39 is 0 Å². The first-order valence-corrected chi connectivity index (χ1v) is 16.3. The lowest BCUT2D eigenvalue weighted by Gasteiger charge is -2.32. The van der Waals surface area contributed by atoms with Crippen LogP contribution < -0.4 is 9.80 Å². The molecule has 47 heavy (non-hydrogen) atoms. The first-order chi connectivity index (χ1) is 23.1. The largest absolute Gasteiger partial charge is 0.311 e. The highest BCUT2D eigenvalue weighted by atomic mass is 15.1. The maximum Gasteiger partial charge on any atom is 0.0508 e. The van der Waals surface area contributed by atoms with E-state index in [0.29, 0.717) is 0 Å². The molecule has 0 bridgehead atoms. The van der Waals surface area contributed by atoms with Crippen molar-refractivity contribution < 1.29 is 0 Å². The van der Waals surface area contributed by atoms with Crippen molar-refractivity contribution in [2.75, 3.05) is 9.80 Å². The number of hydrogen-bond donors (Lipinski definition) is 0. The van der Waals surface area contributed by atoms with Crippen molar-refractivity contribution in [2.24, 2.45) is 0 Å². The van der Waals surface area contributed by atoms with E-state index in [1.807, 2.05) is 0 Å². The van der Waals surface area contributed by atoms with Crippen LogP contribution in [0.15, 0.2) is 182 Å². The molecule has 1 aliphatic carbocycles. The molecule has 0 N–H and O–H groups in total. The Balaban J connectivity index is 1.16. The van der Waals surface area contributed by atoms with E-state index in [4.69, 9.17) is 0 Å². The minimum absolute atomic E-state index is 0.120. The van der Waals surface area contributed by atoms with Gasteiger partial charge in [-0.25, -0.2) is 0 Å². The lowest BCUT2D eigenvalue weighted by Crippen LogP contribution is -2.20. The number of nitrogens with zero attached hydrogens (tertiary/aromatic N) is 2. The average Bonchev–Trinajstić information content (AvgIpc) is 3.37. The first kappa shape index (κ1) is 28.6. The van der Waals surface area contributed by atoms with Crippen LogP contribution in [0, 0.1) is 0 Å². The molecular formula is C45H36N2. The molecule has 0 aliphatic heterocycles. The molecule has 0 spiro atoms. The van der Waals surface area contributed by atoms with Crippen LogP contribution in [-0.2, 0) is 5.41 Å². The van der Waals surface area contributed by atoms with Crippen LogP contribution in [0.1, 0.15) is 25.0 Å². The summed E-state index contributed by atoms with van der Waals surface area (Å²) in [5.74, 6) is 0. The number of hydrogen-bond acceptors (Lipinski definition) is 2. The van der Waals surface area contributed by atoms with Gasteiger partial charge in [-0.2, -0.15) is 0 Å². The van der Waals surface area contributed by atoms with Gasteiger partial charge in [-0.15, -0.1) is 0 Å². The summed E-state index contributed by atoms with van der Waals surface area (Å²) in [7, 11) is 0. The molecule has 226 valence electrons. The Kier molecular flexibility index (Phi) is 7.19. The molecule has 2 nitrogen and oxygen atoms in total. The van der Waals surface area contributed by atoms with Gasteiger partial charge in [0.1, 0.15) is 0 Å². The fourth-order valence-corrected chi connectivity index (χ4v) is 7.22. The summed E-state index contributed by atoms with van der Waals surface area (Å²) in [6.07, 6.45) is 0. The summed E-state index contributed by atoms with van der Waals surface area (Å²) >= 11 is 0. The first-order valence-electron chi connectivity index (χ1n) is 16.3. The quantitative estimate of drug-likeness (QED) is 0.179. The Hall–Kier alpha value is -5.86. The van der Waals surface area contributed by atoms with E-state index in [1.165, 1.54) is 39.1 Å². The van der Waals surface area contributed by atoms with Crippen LogP contribution >= 0.6 is 0 Å². The van der Waals surface area contributed by atoms with Gasteiger partial charge >= 0.3 is 0 Å². The Morgan fingerprint density at radius 3 is 1.28 bits per heavy atom. The normalized spacial score (nSPS) is 12.6. The van der Waals surface area contributed by atoms with Crippen molar-refractivity contribution in [3.05, 3.63) is 193 Å². The van der Waals surface area contributed by atoms with E-state index in [9.17, 15) is 0 Å². The van der Waals surface area contributed by atoms with E-state index in [-0.39, 0.29) is 5.41 Å². The Bertz CT molecular complexity index is 2090. The third kappa shape index (κ3) is 5.09. The van der Waals surface area contributed by atoms with E-state index in [2.05, 4.69) is 206 Å². The van der Waals surface area contributed by atoms with Crippen LogP contribution in [0.3, 0.4) is 0 Å². The lowest BCUT2D eigenvalue weighted by molar-refractivity contribution is 0.661. The van der Waals surface area contributed by atoms with Crippen LogP contribution in [0.25, 0.3) is 22.3 Å². The third-order valence-corrected chi connectivity index (χ3v) is 9.43. The van der Waals surface area contributed by atoms with Crippen LogP contribution in [0.5, 0.6) is 0 Å². The van der Waals surface area contributed by atoms with E-state index in [1.54, 1.807) is 0 Å². The van der Waals surface area contributed by atoms with Gasteiger partial charge in [0.2, 0.25) is 0 Å². The fourth-order valence-electron chi connectivity index (χ4n) is 7.22. The van der Waals surface area contributed by atoms with Crippen LogP contribution in [0.2, 0.25) is 0 Å². The Labute approximate surface area is 277 Å². The van der Waals surface area contributed by atoms with Crippen molar-refractivity contribution in [3.63, 3.8) is 0 Å². The number of benzene rings is 7. The summed E-state index contributed by atoms with van der Waals surface area (Å²) in [6, 6.07) is 65.3. The molecule has 0 heterocycles. The van der Waals surface area contributed by atoms with Crippen molar-refractivity contribution in [1.29, 1.82) is 0 Å². The second-order valence-corrected chi connectivity index (χ2v) is 12.6. The van der Waals surface area contributed by atoms with Crippen molar-refractivity contribution in [3.8, 4) is 22.3 Å². The fraction of sp³-hybridized carbons (Fsp3) is 0.0667. The smallest absolute Gasteiger partial charge is 0.0508 e. The van der Waals surface area contributed by atoms with Crippen LogP contribution in [-0.4, -0.2) is 0 Å². The monoisotopic (exact) mass is 604 g/mol. The maximum absolute atomic E-state index is 2.41. The van der Waals surface area contributed by atoms with E-state index >= 15 is 0 Å². The highest BCUT2D eigenvalue weighted by Crippen LogP contribution is 2.54. The number of fused-ring (bicyclic) bond motifs is 3. The molecule has 0 aromatic heterocycles. The highest BCUT2D eigenvalue weighted by Gasteiger charge is 2.38.